The summed E-state index contributed by atoms with van der Waals surface area (Å²) in [5, 5.41) is 9.41. The van der Waals surface area contributed by atoms with E-state index in [4.69, 9.17) is 0 Å². The summed E-state index contributed by atoms with van der Waals surface area (Å²) in [6.07, 6.45) is 6.86. The molecule has 2 heteroatoms. The molecule has 0 saturated carbocycles. The molecule has 0 aromatic rings. The summed E-state index contributed by atoms with van der Waals surface area (Å²) in [5.74, 6) is 0. The van der Waals surface area contributed by atoms with Crippen LogP contribution in [0.1, 0.15) is 52.4 Å². The molecule has 1 heterocycles. The normalized spacial score (nSPS) is 18.4. The molecule has 0 aromatic heterocycles. The fourth-order valence-corrected chi connectivity index (χ4v) is 2.60. The molecule has 1 aliphatic heterocycles. The lowest BCUT2D eigenvalue weighted by molar-refractivity contribution is 0.149. The quantitative estimate of drug-likeness (QED) is 0.673. The van der Waals surface area contributed by atoms with E-state index in [0.29, 0.717) is 0 Å². The molecule has 14 heavy (non-hydrogen) atoms. The molecule has 0 aromatic carbocycles. The lowest BCUT2D eigenvalue weighted by Crippen LogP contribution is -2.45. The molecule has 0 unspecified atom stereocenters. The highest BCUT2D eigenvalue weighted by Gasteiger charge is 2.36. The van der Waals surface area contributed by atoms with Gasteiger partial charge in [0.05, 0.1) is 6.07 Å². The highest BCUT2D eigenvalue weighted by Crippen LogP contribution is 2.29. The monoisotopic (exact) mass is 194 g/mol. The zero-order chi connectivity index (χ0) is 10.4. The second-order valence-electron chi connectivity index (χ2n) is 4.34. The van der Waals surface area contributed by atoms with Crippen LogP contribution in [0.5, 0.6) is 0 Å². The number of hydrogen-bond acceptors (Lipinski definition) is 2. The van der Waals surface area contributed by atoms with Gasteiger partial charge in [-0.25, -0.2) is 0 Å². The zero-order valence-electron chi connectivity index (χ0n) is 9.55. The summed E-state index contributed by atoms with van der Waals surface area (Å²) >= 11 is 0. The summed E-state index contributed by atoms with van der Waals surface area (Å²) in [6, 6.07) is 2.59. The summed E-state index contributed by atoms with van der Waals surface area (Å²) in [5.41, 5.74) is -0.139. The third-order valence-electron chi connectivity index (χ3n) is 3.25. The first-order valence-electron chi connectivity index (χ1n) is 5.95. The molecular weight excluding hydrogens is 172 g/mol. The molecule has 0 radical (unpaired) electrons. The highest BCUT2D eigenvalue weighted by molar-refractivity contribution is 5.08. The van der Waals surface area contributed by atoms with Gasteiger partial charge in [-0.1, -0.05) is 26.7 Å². The minimum Gasteiger partial charge on any atom is -0.286 e. The standard InChI is InChI=1S/C12H22N2/c1-3-7-12(11-13,8-4-2)14-9-5-6-10-14/h3-10H2,1-2H3. The van der Waals surface area contributed by atoms with Gasteiger partial charge in [-0.2, -0.15) is 5.26 Å². The van der Waals surface area contributed by atoms with E-state index in [1.807, 2.05) is 0 Å². The van der Waals surface area contributed by atoms with Gasteiger partial charge in [0.2, 0.25) is 0 Å². The van der Waals surface area contributed by atoms with Gasteiger partial charge in [-0.05, 0) is 38.8 Å². The first kappa shape index (κ1) is 11.5. The molecule has 0 aliphatic carbocycles. The Kier molecular flexibility index (Phi) is 4.41. The Hall–Kier alpha value is -0.550. The van der Waals surface area contributed by atoms with Crippen LogP contribution in [0.4, 0.5) is 0 Å². The van der Waals surface area contributed by atoms with Crippen LogP contribution < -0.4 is 0 Å². The van der Waals surface area contributed by atoms with Crippen molar-refractivity contribution in [2.75, 3.05) is 13.1 Å². The largest absolute Gasteiger partial charge is 0.286 e. The lowest BCUT2D eigenvalue weighted by Gasteiger charge is -2.35. The third kappa shape index (κ3) is 2.27. The summed E-state index contributed by atoms with van der Waals surface area (Å²) < 4.78 is 0. The smallest absolute Gasteiger partial charge is 0.109 e. The van der Waals surface area contributed by atoms with Crippen molar-refractivity contribution in [3.63, 3.8) is 0 Å². The Bertz CT molecular complexity index is 193. The van der Waals surface area contributed by atoms with E-state index >= 15 is 0 Å². The fraction of sp³-hybridized carbons (Fsp3) is 0.917. The Morgan fingerprint density at radius 2 is 1.64 bits per heavy atom. The van der Waals surface area contributed by atoms with E-state index in [2.05, 4.69) is 24.8 Å². The average molecular weight is 194 g/mol. The fourth-order valence-electron chi connectivity index (χ4n) is 2.60. The van der Waals surface area contributed by atoms with E-state index in [-0.39, 0.29) is 5.54 Å². The van der Waals surface area contributed by atoms with Gasteiger partial charge in [0.15, 0.2) is 0 Å². The summed E-state index contributed by atoms with van der Waals surface area (Å²) in [4.78, 5) is 2.42. The van der Waals surface area contributed by atoms with Gasteiger partial charge in [0.25, 0.3) is 0 Å². The topological polar surface area (TPSA) is 27.0 Å². The van der Waals surface area contributed by atoms with E-state index in [0.717, 1.165) is 38.8 Å². The van der Waals surface area contributed by atoms with E-state index in [1.165, 1.54) is 12.8 Å². The van der Waals surface area contributed by atoms with Crippen molar-refractivity contribution in [3.05, 3.63) is 0 Å². The van der Waals surface area contributed by atoms with Crippen molar-refractivity contribution in [2.45, 2.75) is 57.9 Å². The van der Waals surface area contributed by atoms with Crippen LogP contribution in [-0.2, 0) is 0 Å². The molecule has 2 nitrogen and oxygen atoms in total. The number of hydrogen-bond donors (Lipinski definition) is 0. The molecule has 0 N–H and O–H groups in total. The number of nitriles is 1. The molecule has 1 fully saturated rings. The van der Waals surface area contributed by atoms with Crippen LogP contribution in [0.15, 0.2) is 0 Å². The van der Waals surface area contributed by atoms with Crippen LogP contribution >= 0.6 is 0 Å². The summed E-state index contributed by atoms with van der Waals surface area (Å²) in [7, 11) is 0. The highest BCUT2D eigenvalue weighted by atomic mass is 15.2. The molecule has 0 bridgehead atoms. The predicted molar refractivity (Wildman–Crippen MR) is 59.0 cm³/mol. The number of likely N-dealkylation sites (tertiary alicyclic amines) is 1. The first-order valence-corrected chi connectivity index (χ1v) is 5.95. The Morgan fingerprint density at radius 3 is 2.00 bits per heavy atom. The van der Waals surface area contributed by atoms with Crippen molar-refractivity contribution in [2.24, 2.45) is 0 Å². The molecule has 0 spiro atoms. The van der Waals surface area contributed by atoms with Crippen molar-refractivity contribution in [1.29, 1.82) is 5.26 Å². The van der Waals surface area contributed by atoms with Crippen LogP contribution in [0.2, 0.25) is 0 Å². The van der Waals surface area contributed by atoms with Gasteiger partial charge in [0, 0.05) is 0 Å². The van der Waals surface area contributed by atoms with E-state index in [9.17, 15) is 5.26 Å². The van der Waals surface area contributed by atoms with Gasteiger partial charge in [0.1, 0.15) is 5.54 Å². The summed E-state index contributed by atoms with van der Waals surface area (Å²) in [6.45, 7) is 6.62. The van der Waals surface area contributed by atoms with Crippen molar-refractivity contribution in [3.8, 4) is 6.07 Å². The van der Waals surface area contributed by atoms with Crippen LogP contribution in [0.25, 0.3) is 0 Å². The molecular formula is C12H22N2. The SMILES string of the molecule is CCCC(C#N)(CCC)N1CCCC1. The number of nitrogens with zero attached hydrogens (tertiary/aromatic N) is 2. The predicted octanol–water partition coefficient (Wildman–Crippen LogP) is 2.94. The van der Waals surface area contributed by atoms with E-state index in [1.54, 1.807) is 0 Å². The van der Waals surface area contributed by atoms with Gasteiger partial charge in [-0.3, -0.25) is 4.90 Å². The average Bonchev–Trinajstić information content (AvgIpc) is 2.70. The Labute approximate surface area is 87.9 Å². The van der Waals surface area contributed by atoms with E-state index < -0.39 is 0 Å². The maximum absolute atomic E-state index is 9.41. The molecule has 0 amide bonds. The second kappa shape index (κ2) is 5.36. The molecule has 1 rings (SSSR count). The Morgan fingerprint density at radius 1 is 1.14 bits per heavy atom. The zero-order valence-corrected chi connectivity index (χ0v) is 9.55. The van der Waals surface area contributed by atoms with Crippen molar-refractivity contribution in [1.82, 2.24) is 4.90 Å². The van der Waals surface area contributed by atoms with Crippen LogP contribution in [0, 0.1) is 11.3 Å². The second-order valence-corrected chi connectivity index (χ2v) is 4.34. The van der Waals surface area contributed by atoms with Crippen molar-refractivity contribution >= 4 is 0 Å². The number of rotatable bonds is 5. The van der Waals surface area contributed by atoms with Crippen LogP contribution in [-0.4, -0.2) is 23.5 Å². The van der Waals surface area contributed by atoms with Gasteiger partial charge >= 0.3 is 0 Å². The van der Waals surface area contributed by atoms with Gasteiger partial charge in [-0.15, -0.1) is 0 Å². The van der Waals surface area contributed by atoms with Crippen LogP contribution in [0.3, 0.4) is 0 Å². The minimum atomic E-state index is -0.139. The minimum absolute atomic E-state index is 0.139. The van der Waals surface area contributed by atoms with Gasteiger partial charge < -0.3 is 0 Å². The Balaban J connectivity index is 2.71. The molecule has 1 saturated heterocycles. The third-order valence-corrected chi connectivity index (χ3v) is 3.25. The first-order chi connectivity index (χ1) is 6.79. The lowest BCUT2D eigenvalue weighted by atomic mass is 9.88. The molecule has 80 valence electrons. The van der Waals surface area contributed by atoms with Crippen molar-refractivity contribution < 1.29 is 0 Å². The molecule has 0 atom stereocenters. The maximum Gasteiger partial charge on any atom is 0.109 e. The molecule has 1 aliphatic rings. The maximum atomic E-state index is 9.41.